The van der Waals surface area contributed by atoms with Gasteiger partial charge in [-0.1, -0.05) is 69.2 Å². The average Bonchev–Trinajstić information content (AvgIpc) is 3.77. The van der Waals surface area contributed by atoms with Gasteiger partial charge in [-0.3, -0.25) is 43.2 Å². The molecule has 1 heterocycles. The van der Waals surface area contributed by atoms with Crippen LogP contribution in [0.2, 0.25) is 0 Å². The van der Waals surface area contributed by atoms with Crippen molar-refractivity contribution < 1.29 is 58.2 Å². The highest BCUT2D eigenvalue weighted by Crippen LogP contribution is 2.13. The molecule has 0 saturated heterocycles. The molecule has 24 heteroatoms. The molecule has 0 radical (unpaired) electrons. The number of carboxylic acids is 2. The predicted octanol–water partition coefficient (Wildman–Crippen LogP) is 0.331. The molecule has 0 aromatic carbocycles. The van der Waals surface area contributed by atoms with Crippen molar-refractivity contribution in [3.05, 3.63) is 18.2 Å². The number of thioether (sulfide) groups is 1. The number of imidazole rings is 1. The normalized spacial score (nSPS) is 15.3. The van der Waals surface area contributed by atoms with Crippen LogP contribution < -0.4 is 48.3 Å². The summed E-state index contributed by atoms with van der Waals surface area (Å²) in [7, 11) is 0. The van der Waals surface area contributed by atoms with Gasteiger partial charge in [0.05, 0.1) is 18.8 Å². The van der Waals surface area contributed by atoms with E-state index in [0.717, 1.165) is 0 Å². The quantitative estimate of drug-likeness (QED) is 0.0452. The molecule has 9 atom stereocenters. The zero-order valence-electron chi connectivity index (χ0n) is 43.3. The number of hydrogen-bond acceptors (Lipinski definition) is 13. The number of aliphatic carboxylic acids is 2. The van der Waals surface area contributed by atoms with E-state index < -0.39 is 126 Å². The highest BCUT2D eigenvalue weighted by atomic mass is 32.2. The molecule has 0 unspecified atom stereocenters. The van der Waals surface area contributed by atoms with E-state index in [2.05, 4.69) is 52.5 Å². The maximum Gasteiger partial charge on any atom is 0.326 e. The van der Waals surface area contributed by atoms with Crippen molar-refractivity contribution in [3.8, 4) is 0 Å². The fourth-order valence-electron chi connectivity index (χ4n) is 7.25. The van der Waals surface area contributed by atoms with Crippen LogP contribution in [-0.4, -0.2) is 146 Å². The summed E-state index contributed by atoms with van der Waals surface area (Å²) < 4.78 is 0. The summed E-state index contributed by atoms with van der Waals surface area (Å²) >= 11 is 1.40. The smallest absolute Gasteiger partial charge is 0.326 e. The van der Waals surface area contributed by atoms with Gasteiger partial charge in [-0.25, -0.2) is 9.78 Å². The van der Waals surface area contributed by atoms with Crippen molar-refractivity contribution in [2.45, 2.75) is 175 Å². The van der Waals surface area contributed by atoms with Gasteiger partial charge in [-0.05, 0) is 80.6 Å². The summed E-state index contributed by atoms with van der Waals surface area (Å²) in [6.07, 6.45) is 4.18. The van der Waals surface area contributed by atoms with Crippen molar-refractivity contribution in [2.24, 2.45) is 35.3 Å². The van der Waals surface area contributed by atoms with Gasteiger partial charge in [0.1, 0.15) is 48.3 Å². The zero-order chi connectivity index (χ0) is 54.3. The van der Waals surface area contributed by atoms with Crippen LogP contribution in [0, 0.1) is 29.6 Å². The molecule has 0 aliphatic rings. The minimum Gasteiger partial charge on any atom is -0.481 e. The van der Waals surface area contributed by atoms with E-state index in [1.165, 1.54) is 31.2 Å². The summed E-state index contributed by atoms with van der Waals surface area (Å²) in [5, 5.41) is 40.2. The second-order valence-corrected chi connectivity index (χ2v) is 20.9. The molecular weight excluding hydrogens is 943 g/mol. The van der Waals surface area contributed by atoms with Gasteiger partial charge >= 0.3 is 11.9 Å². The molecule has 0 spiro atoms. The van der Waals surface area contributed by atoms with Gasteiger partial charge in [0.15, 0.2) is 0 Å². The Morgan fingerprint density at radius 2 is 0.958 bits per heavy atom. The number of hydrogen-bond donors (Lipinski definition) is 12. The third-order valence-electron chi connectivity index (χ3n) is 10.9. The lowest BCUT2D eigenvalue weighted by Crippen LogP contribution is -2.61. The zero-order valence-corrected chi connectivity index (χ0v) is 44.1. The van der Waals surface area contributed by atoms with Gasteiger partial charge in [0, 0.05) is 18.3 Å². The molecule has 8 amide bonds. The fourth-order valence-corrected chi connectivity index (χ4v) is 7.72. The number of H-pyrrole nitrogens is 1. The SMILES string of the molecule is CSCC[C@H](NC(=O)[C@H](C)NC(=O)[C@@H](N)CC(C)C)C(=O)N[C@@H](CC(C)C)C(=O)N[C@@H](CC(=O)O)C(=O)N[C@@H](CC(C)C)C(=O)N[C@@H](CC(C)C)C(=O)N[C@@H](Cc1cnc[nH]1)C(=O)N[C@H](C(=O)O)C(C)C. The third-order valence-corrected chi connectivity index (χ3v) is 11.6. The summed E-state index contributed by atoms with van der Waals surface area (Å²) in [4.78, 5) is 140. The number of nitrogens with zero attached hydrogens (tertiary/aromatic N) is 1. The van der Waals surface area contributed by atoms with Crippen molar-refractivity contribution in [3.63, 3.8) is 0 Å². The number of carbonyl (C=O) groups is 10. The summed E-state index contributed by atoms with van der Waals surface area (Å²) in [6.45, 7) is 19.1. The molecule has 1 rings (SSSR count). The second-order valence-electron chi connectivity index (χ2n) is 20.0. The number of aromatic nitrogens is 2. The Morgan fingerprint density at radius 1 is 0.549 bits per heavy atom. The van der Waals surface area contributed by atoms with Gasteiger partial charge in [0.25, 0.3) is 0 Å². The minimum absolute atomic E-state index is 0.000194. The molecule has 0 bridgehead atoms. The van der Waals surface area contributed by atoms with Crippen LogP contribution in [0.3, 0.4) is 0 Å². The third kappa shape index (κ3) is 24.3. The van der Waals surface area contributed by atoms with E-state index in [-0.39, 0.29) is 55.8 Å². The first-order valence-corrected chi connectivity index (χ1v) is 25.5. The molecule has 1 aromatic heterocycles. The fraction of sp³-hybridized carbons (Fsp3) is 0.723. The monoisotopic (exact) mass is 1020 g/mol. The Bertz CT molecular complexity index is 1930. The van der Waals surface area contributed by atoms with E-state index in [1.54, 1.807) is 61.6 Å². The summed E-state index contributed by atoms with van der Waals surface area (Å²) in [5.74, 6) is -9.69. The predicted molar refractivity (Wildman–Crippen MR) is 267 cm³/mol. The number of rotatable bonds is 33. The molecule has 0 fully saturated rings. The van der Waals surface area contributed by atoms with Crippen molar-refractivity contribution in [1.29, 1.82) is 0 Å². The number of carbonyl (C=O) groups excluding carboxylic acids is 8. The Morgan fingerprint density at radius 3 is 1.35 bits per heavy atom. The maximum absolute atomic E-state index is 14.1. The maximum atomic E-state index is 14.1. The summed E-state index contributed by atoms with van der Waals surface area (Å²) in [6, 6.07) is -11.4. The van der Waals surface area contributed by atoms with Crippen LogP contribution in [-0.2, 0) is 54.4 Å². The molecule has 0 aliphatic carbocycles. The van der Waals surface area contributed by atoms with E-state index in [0.29, 0.717) is 17.9 Å². The molecule has 1 aromatic rings. The van der Waals surface area contributed by atoms with Crippen LogP contribution in [0.15, 0.2) is 12.5 Å². The lowest BCUT2D eigenvalue weighted by atomic mass is 9.99. The van der Waals surface area contributed by atoms with Gasteiger partial charge in [-0.2, -0.15) is 11.8 Å². The number of carboxylic acid groups (broad SMARTS) is 2. The molecule has 402 valence electrons. The Labute approximate surface area is 421 Å². The van der Waals surface area contributed by atoms with Crippen LogP contribution in [0.25, 0.3) is 0 Å². The molecule has 71 heavy (non-hydrogen) atoms. The van der Waals surface area contributed by atoms with Crippen molar-refractivity contribution in [2.75, 3.05) is 12.0 Å². The molecular formula is C47H81N11O12S. The first-order valence-electron chi connectivity index (χ1n) is 24.2. The van der Waals surface area contributed by atoms with E-state index in [4.69, 9.17) is 5.73 Å². The van der Waals surface area contributed by atoms with E-state index in [9.17, 15) is 58.2 Å². The first kappa shape index (κ1) is 63.2. The minimum atomic E-state index is -1.76. The Hall–Kier alpha value is -5.78. The van der Waals surface area contributed by atoms with Crippen LogP contribution >= 0.6 is 11.8 Å². The molecule has 0 saturated carbocycles. The highest BCUT2D eigenvalue weighted by molar-refractivity contribution is 7.98. The lowest BCUT2D eigenvalue weighted by molar-refractivity contribution is -0.143. The second kappa shape index (κ2) is 31.5. The topological polar surface area (TPSA) is 362 Å². The first-order chi connectivity index (χ1) is 33.1. The van der Waals surface area contributed by atoms with Crippen LogP contribution in [0.1, 0.15) is 120 Å². The number of amides is 8. The van der Waals surface area contributed by atoms with E-state index in [1.807, 2.05) is 13.8 Å². The van der Waals surface area contributed by atoms with Gasteiger partial charge < -0.3 is 63.5 Å². The van der Waals surface area contributed by atoms with E-state index >= 15 is 0 Å². The van der Waals surface area contributed by atoms with Gasteiger partial charge in [0.2, 0.25) is 47.3 Å². The Kier molecular flexibility index (Phi) is 28.1. The number of nitrogens with one attached hydrogen (secondary N) is 9. The highest BCUT2D eigenvalue weighted by Gasteiger charge is 2.36. The van der Waals surface area contributed by atoms with Crippen LogP contribution in [0.4, 0.5) is 0 Å². The number of nitrogens with two attached hydrogens (primary N) is 1. The molecule has 0 aliphatic heterocycles. The molecule has 13 N–H and O–H groups in total. The molecule has 23 nitrogen and oxygen atoms in total. The van der Waals surface area contributed by atoms with Crippen LogP contribution in [0.5, 0.6) is 0 Å². The van der Waals surface area contributed by atoms with Crippen molar-refractivity contribution in [1.82, 2.24) is 52.5 Å². The largest absolute Gasteiger partial charge is 0.481 e. The lowest BCUT2D eigenvalue weighted by Gasteiger charge is -2.29. The standard InChI is InChI=1S/C47H81N11O12S/c1-23(2)15-30(48)40(62)51-28(11)39(61)52-31(13-14-71-12)41(63)53-32(16-24(3)4)44(66)57-36(20-37(59)60)45(67)55-33(17-25(5)6)42(64)54-34(18-26(7)8)43(65)56-35(19-29-21-49-22-50-29)46(68)58-38(27(9)10)47(69)70/h21-28,30-36,38H,13-20,48H2,1-12H3,(H,49,50)(H,51,62)(H,52,61)(H,53,63)(H,54,64)(H,55,67)(H,56,65)(H,57,66)(H,58,68)(H,59,60)(H,69,70)/t28-,30-,31-,32-,33-,34-,35-,36-,38-/m0/s1. The van der Waals surface area contributed by atoms with Gasteiger partial charge in [-0.15, -0.1) is 0 Å². The average molecular weight is 1020 g/mol. The van der Waals surface area contributed by atoms with Crippen molar-refractivity contribution >= 4 is 71.0 Å². The summed E-state index contributed by atoms with van der Waals surface area (Å²) in [5.41, 5.74) is 6.43. The number of aromatic amines is 1. The Balaban J connectivity index is 3.41.